The lowest BCUT2D eigenvalue weighted by Gasteiger charge is -2.36. The summed E-state index contributed by atoms with van der Waals surface area (Å²) in [6.07, 6.45) is -5.48. The van der Waals surface area contributed by atoms with E-state index in [1.54, 1.807) is 25.1 Å². The number of halogens is 3. The molecule has 0 spiro atoms. The normalized spacial score (nSPS) is 19.1. The molecule has 1 aromatic carbocycles. The van der Waals surface area contributed by atoms with Gasteiger partial charge in [0.2, 0.25) is 5.91 Å². The van der Waals surface area contributed by atoms with Gasteiger partial charge >= 0.3 is 6.18 Å². The van der Waals surface area contributed by atoms with E-state index in [0.717, 1.165) is 0 Å². The van der Waals surface area contributed by atoms with Crippen molar-refractivity contribution in [3.8, 4) is 0 Å². The minimum Gasteiger partial charge on any atom is -0.392 e. The fraction of sp³-hybridized carbons (Fsp3) is 0.588. The van der Waals surface area contributed by atoms with Crippen molar-refractivity contribution in [3.05, 3.63) is 35.9 Å². The average molecular weight is 344 g/mol. The molecule has 1 aromatic rings. The van der Waals surface area contributed by atoms with Crippen LogP contribution in [-0.4, -0.2) is 65.8 Å². The smallest absolute Gasteiger partial charge is 0.392 e. The third-order valence-corrected chi connectivity index (χ3v) is 4.22. The van der Waals surface area contributed by atoms with Crippen molar-refractivity contribution in [2.24, 2.45) is 0 Å². The van der Waals surface area contributed by atoms with Crippen LogP contribution in [0.4, 0.5) is 13.2 Å². The zero-order valence-corrected chi connectivity index (χ0v) is 13.7. The number of aliphatic hydroxyl groups is 1. The first-order chi connectivity index (χ1) is 11.3. The molecule has 0 bridgehead atoms. The summed E-state index contributed by atoms with van der Waals surface area (Å²) in [6.45, 7) is 4.12. The third kappa shape index (κ3) is 5.21. The number of β-amino-alcohol motifs (C(OH)–C–C–N with tert-alkyl or cyclic N) is 1. The van der Waals surface area contributed by atoms with Crippen molar-refractivity contribution in [3.63, 3.8) is 0 Å². The van der Waals surface area contributed by atoms with Gasteiger partial charge in [-0.2, -0.15) is 13.2 Å². The van der Waals surface area contributed by atoms with Crippen molar-refractivity contribution in [1.29, 1.82) is 0 Å². The Bertz CT molecular complexity index is 526. The Morgan fingerprint density at radius 2 is 1.75 bits per heavy atom. The second-order valence-electron chi connectivity index (χ2n) is 6.24. The molecule has 7 heteroatoms. The predicted octanol–water partition coefficient (Wildman–Crippen LogP) is 2.25. The van der Waals surface area contributed by atoms with Crippen molar-refractivity contribution < 1.29 is 23.1 Å². The Morgan fingerprint density at radius 3 is 2.25 bits per heavy atom. The van der Waals surface area contributed by atoms with Gasteiger partial charge in [0.15, 0.2) is 0 Å². The molecule has 0 unspecified atom stereocenters. The molecule has 2 rings (SSSR count). The number of hydrogen-bond acceptors (Lipinski definition) is 3. The molecule has 1 saturated heterocycles. The Labute approximate surface area is 139 Å². The lowest BCUT2D eigenvalue weighted by molar-refractivity contribution is -0.161. The van der Waals surface area contributed by atoms with E-state index in [9.17, 15) is 23.1 Å². The number of hydrogen-bond donors (Lipinski definition) is 1. The largest absolute Gasteiger partial charge is 0.396 e. The molecule has 0 aromatic heterocycles. The number of carbonyl (C=O) groups is 1. The Balaban J connectivity index is 1.97. The first kappa shape index (κ1) is 18.7. The molecule has 0 radical (unpaired) electrons. The molecule has 2 atom stereocenters. The molecule has 1 amide bonds. The molecular weight excluding hydrogens is 321 g/mol. The summed E-state index contributed by atoms with van der Waals surface area (Å²) in [5, 5.41) is 9.37. The minimum absolute atomic E-state index is 0.117. The van der Waals surface area contributed by atoms with Gasteiger partial charge in [0, 0.05) is 39.1 Å². The highest BCUT2D eigenvalue weighted by Crippen LogP contribution is 2.37. The van der Waals surface area contributed by atoms with E-state index in [1.165, 1.54) is 17.0 Å². The van der Waals surface area contributed by atoms with Crippen LogP contribution in [0, 0.1) is 0 Å². The molecule has 1 heterocycles. The Hall–Kier alpha value is -1.60. The first-order valence-electron chi connectivity index (χ1n) is 8.07. The maximum Gasteiger partial charge on any atom is 0.396 e. The summed E-state index contributed by atoms with van der Waals surface area (Å²) in [6, 6.07) is 7.57. The number of rotatable bonds is 5. The zero-order valence-electron chi connectivity index (χ0n) is 13.7. The highest BCUT2D eigenvalue weighted by Gasteiger charge is 2.42. The van der Waals surface area contributed by atoms with Crippen LogP contribution in [0.2, 0.25) is 0 Å². The lowest BCUT2D eigenvalue weighted by atomic mass is 9.94. The third-order valence-electron chi connectivity index (χ3n) is 4.22. The van der Waals surface area contributed by atoms with E-state index in [2.05, 4.69) is 0 Å². The van der Waals surface area contributed by atoms with Crippen LogP contribution in [0.5, 0.6) is 0 Å². The molecule has 1 fully saturated rings. The predicted molar refractivity (Wildman–Crippen MR) is 84.6 cm³/mol. The number of carbonyl (C=O) groups excluding carboxylic acids is 1. The van der Waals surface area contributed by atoms with E-state index >= 15 is 0 Å². The van der Waals surface area contributed by atoms with E-state index < -0.39 is 30.5 Å². The van der Waals surface area contributed by atoms with Crippen molar-refractivity contribution in [1.82, 2.24) is 9.80 Å². The van der Waals surface area contributed by atoms with Crippen molar-refractivity contribution in [2.75, 3.05) is 32.7 Å². The molecule has 1 aliphatic rings. The van der Waals surface area contributed by atoms with E-state index in [4.69, 9.17) is 0 Å². The summed E-state index contributed by atoms with van der Waals surface area (Å²) in [5.41, 5.74) is 0.117. The maximum atomic E-state index is 13.3. The van der Waals surface area contributed by atoms with Crippen molar-refractivity contribution in [2.45, 2.75) is 31.5 Å². The number of piperazine rings is 1. The topological polar surface area (TPSA) is 43.8 Å². The summed E-state index contributed by atoms with van der Waals surface area (Å²) in [5.74, 6) is -2.25. The molecule has 0 aliphatic carbocycles. The van der Waals surface area contributed by atoms with Crippen LogP contribution in [0.3, 0.4) is 0 Å². The van der Waals surface area contributed by atoms with E-state index in [-0.39, 0.29) is 5.56 Å². The van der Waals surface area contributed by atoms with Crippen LogP contribution in [-0.2, 0) is 4.79 Å². The summed E-state index contributed by atoms with van der Waals surface area (Å²) in [7, 11) is 0. The number of benzene rings is 1. The van der Waals surface area contributed by atoms with Gasteiger partial charge in [-0.25, -0.2) is 0 Å². The second-order valence-corrected chi connectivity index (χ2v) is 6.24. The van der Waals surface area contributed by atoms with Gasteiger partial charge in [-0.15, -0.1) is 0 Å². The molecule has 1 aliphatic heterocycles. The van der Waals surface area contributed by atoms with Crippen LogP contribution < -0.4 is 0 Å². The van der Waals surface area contributed by atoms with Gasteiger partial charge in [-0.05, 0) is 12.5 Å². The van der Waals surface area contributed by atoms with Crippen LogP contribution in [0.25, 0.3) is 0 Å². The van der Waals surface area contributed by atoms with E-state index in [0.29, 0.717) is 32.7 Å². The summed E-state index contributed by atoms with van der Waals surface area (Å²) >= 11 is 0. The Kier molecular flexibility index (Phi) is 6.23. The van der Waals surface area contributed by atoms with Gasteiger partial charge in [0.1, 0.15) is 0 Å². The lowest BCUT2D eigenvalue weighted by Crippen LogP contribution is -2.50. The molecule has 24 heavy (non-hydrogen) atoms. The van der Waals surface area contributed by atoms with Crippen LogP contribution >= 0.6 is 0 Å². The van der Waals surface area contributed by atoms with Gasteiger partial charge < -0.3 is 10.0 Å². The fourth-order valence-corrected chi connectivity index (χ4v) is 2.97. The zero-order chi connectivity index (χ0) is 17.7. The van der Waals surface area contributed by atoms with Gasteiger partial charge in [0.25, 0.3) is 0 Å². The minimum atomic E-state index is -4.45. The van der Waals surface area contributed by atoms with Crippen LogP contribution in [0.1, 0.15) is 24.8 Å². The summed E-state index contributed by atoms with van der Waals surface area (Å²) in [4.78, 5) is 15.8. The molecule has 1 N–H and O–H groups in total. The molecule has 134 valence electrons. The monoisotopic (exact) mass is 344 g/mol. The van der Waals surface area contributed by atoms with Gasteiger partial charge in [0.05, 0.1) is 12.0 Å². The number of amides is 1. The number of nitrogens with zero attached hydrogens (tertiary/aromatic N) is 2. The maximum absolute atomic E-state index is 13.3. The molecule has 4 nitrogen and oxygen atoms in total. The molecule has 0 saturated carbocycles. The Morgan fingerprint density at radius 1 is 1.17 bits per heavy atom. The fourth-order valence-electron chi connectivity index (χ4n) is 2.97. The highest BCUT2D eigenvalue weighted by atomic mass is 19.4. The van der Waals surface area contributed by atoms with Crippen LogP contribution in [0.15, 0.2) is 30.3 Å². The second kappa shape index (κ2) is 7.98. The van der Waals surface area contributed by atoms with Crippen molar-refractivity contribution >= 4 is 5.91 Å². The number of alkyl halides is 3. The summed E-state index contributed by atoms with van der Waals surface area (Å²) < 4.78 is 40.0. The van der Waals surface area contributed by atoms with E-state index in [1.807, 2.05) is 4.90 Å². The quantitative estimate of drug-likeness (QED) is 0.891. The highest BCUT2D eigenvalue weighted by molar-refractivity contribution is 5.77. The average Bonchev–Trinajstić information content (AvgIpc) is 2.52. The van der Waals surface area contributed by atoms with Gasteiger partial charge in [-0.3, -0.25) is 9.69 Å². The SMILES string of the molecule is C[C@H](O)CN1CCN(C(=O)C[C@@H](c2ccccc2)C(F)(F)F)CC1. The molecular formula is C17H23F3N2O2. The standard InChI is InChI=1S/C17H23F3N2O2/c1-13(23)12-21-7-9-22(10-8-21)16(24)11-15(17(18,19)20)14-5-3-2-4-6-14/h2-6,13,15,23H,7-12H2,1H3/t13-,15-/m0/s1. The number of aliphatic hydroxyl groups excluding tert-OH is 1. The first-order valence-corrected chi connectivity index (χ1v) is 8.07. The van der Waals surface area contributed by atoms with Gasteiger partial charge in [-0.1, -0.05) is 30.3 Å².